The second-order valence-electron chi connectivity index (χ2n) is 11.0. The number of hydrogen-bond acceptors (Lipinski definition) is 8. The average molecular weight is 569 g/mol. The molecule has 5 rings (SSSR count). The molecule has 2 aromatic heterocycles. The molecule has 3 aromatic rings. The minimum Gasteiger partial charge on any atom is -0.493 e. The summed E-state index contributed by atoms with van der Waals surface area (Å²) in [7, 11) is -3.01. The van der Waals surface area contributed by atoms with Crippen molar-refractivity contribution in [3.8, 4) is 11.6 Å². The van der Waals surface area contributed by atoms with Crippen LogP contribution in [-0.4, -0.2) is 84.1 Å². The molecule has 40 heavy (non-hydrogen) atoms. The van der Waals surface area contributed by atoms with Gasteiger partial charge in [-0.1, -0.05) is 13.0 Å². The largest absolute Gasteiger partial charge is 0.493 e. The molecule has 0 unspecified atom stereocenters. The number of likely N-dealkylation sites (N-methyl/N-ethyl adjacent to an activating group) is 1. The molecule has 0 spiro atoms. The first-order valence-corrected chi connectivity index (χ1v) is 16.4. The van der Waals surface area contributed by atoms with E-state index in [-0.39, 0.29) is 29.7 Å². The lowest BCUT2D eigenvalue weighted by atomic mass is 9.85. The first kappa shape index (κ1) is 28.4. The predicted octanol–water partition coefficient (Wildman–Crippen LogP) is 3.42. The van der Waals surface area contributed by atoms with Crippen LogP contribution < -0.4 is 15.4 Å². The van der Waals surface area contributed by atoms with Crippen molar-refractivity contribution < 1.29 is 17.9 Å². The predicted molar refractivity (Wildman–Crippen MR) is 157 cm³/mol. The summed E-state index contributed by atoms with van der Waals surface area (Å²) in [5.74, 6) is 2.42. The highest BCUT2D eigenvalue weighted by Gasteiger charge is 2.30. The van der Waals surface area contributed by atoms with Crippen LogP contribution in [0.2, 0.25) is 0 Å². The van der Waals surface area contributed by atoms with Gasteiger partial charge in [0.2, 0.25) is 11.9 Å². The van der Waals surface area contributed by atoms with Gasteiger partial charge < -0.3 is 24.8 Å². The highest BCUT2D eigenvalue weighted by atomic mass is 32.2. The van der Waals surface area contributed by atoms with Crippen molar-refractivity contribution in [2.24, 2.45) is 5.92 Å². The van der Waals surface area contributed by atoms with E-state index in [0.29, 0.717) is 24.7 Å². The molecule has 0 bridgehead atoms. The van der Waals surface area contributed by atoms with E-state index in [4.69, 9.17) is 9.72 Å². The number of carbonyl (C=O) groups is 1. The van der Waals surface area contributed by atoms with E-state index in [2.05, 4.69) is 27.4 Å². The zero-order chi connectivity index (χ0) is 28.1. The first-order chi connectivity index (χ1) is 19.3. The minimum atomic E-state index is -3.01. The van der Waals surface area contributed by atoms with Crippen molar-refractivity contribution in [3.63, 3.8) is 0 Å². The van der Waals surface area contributed by atoms with Crippen molar-refractivity contribution in [2.75, 3.05) is 43.6 Å². The number of ether oxygens (including phenoxy) is 1. The van der Waals surface area contributed by atoms with Crippen molar-refractivity contribution in [1.29, 1.82) is 0 Å². The number of benzene rings is 1. The highest BCUT2D eigenvalue weighted by molar-refractivity contribution is 7.90. The van der Waals surface area contributed by atoms with Gasteiger partial charge in [-0.3, -0.25) is 4.79 Å². The molecule has 2 fully saturated rings. The molecule has 1 aliphatic heterocycles. The molecule has 216 valence electrons. The molecule has 2 aliphatic rings. The third-order valence-corrected chi connectivity index (χ3v) is 9.03. The van der Waals surface area contributed by atoms with E-state index in [9.17, 15) is 13.2 Å². The van der Waals surface area contributed by atoms with E-state index >= 15 is 0 Å². The van der Waals surface area contributed by atoms with Crippen LogP contribution in [0.5, 0.6) is 5.75 Å². The lowest BCUT2D eigenvalue weighted by Gasteiger charge is -2.29. The van der Waals surface area contributed by atoms with Gasteiger partial charge in [0.1, 0.15) is 21.4 Å². The number of fused-ring (bicyclic) bond motifs is 1. The average Bonchev–Trinajstić information content (AvgIpc) is 3.58. The lowest BCUT2D eigenvalue weighted by Crippen LogP contribution is -2.42. The summed E-state index contributed by atoms with van der Waals surface area (Å²) in [5, 5.41) is 7.70. The van der Waals surface area contributed by atoms with Gasteiger partial charge >= 0.3 is 0 Å². The normalized spacial score (nSPS) is 21.9. The number of nitrogens with one attached hydrogen (secondary N) is 2. The molecule has 1 saturated carbocycles. The fourth-order valence-electron chi connectivity index (χ4n) is 5.76. The summed E-state index contributed by atoms with van der Waals surface area (Å²) in [4.78, 5) is 24.4. The van der Waals surface area contributed by atoms with Crippen LogP contribution in [0, 0.1) is 5.92 Å². The van der Waals surface area contributed by atoms with Crippen LogP contribution in [0.1, 0.15) is 45.4 Å². The molecule has 1 aromatic carbocycles. The molecule has 1 atom stereocenters. The second-order valence-corrected chi connectivity index (χ2v) is 13.3. The zero-order valence-corrected chi connectivity index (χ0v) is 24.2. The van der Waals surface area contributed by atoms with Gasteiger partial charge in [0.15, 0.2) is 0 Å². The standard InChI is InChI=1S/C29H40N6O4S/c1-3-34-16-13-23(20-34)31-28(36)21-8-10-22(11-9-21)32-29-30-15-12-27(33-29)35-17-14-24-25(35)6-4-7-26(24)39-18-5-19-40(2,37)38/h4,6-7,12,14-15,17,21-23H,3,5,8-11,13,16,18-20H2,1-2H3,(H,31,36)(H,30,32,33)/t21?,22?,23-/m0/s1. The summed E-state index contributed by atoms with van der Waals surface area (Å²) < 4.78 is 30.7. The number of likely N-dealkylation sites (tertiary alicyclic amines) is 1. The Balaban J connectivity index is 1.17. The second kappa shape index (κ2) is 12.6. The Morgan fingerprint density at radius 3 is 2.67 bits per heavy atom. The van der Waals surface area contributed by atoms with Crippen molar-refractivity contribution in [2.45, 2.75) is 57.5 Å². The van der Waals surface area contributed by atoms with Gasteiger partial charge in [-0.15, -0.1) is 0 Å². The summed E-state index contributed by atoms with van der Waals surface area (Å²) >= 11 is 0. The maximum absolute atomic E-state index is 12.8. The van der Waals surface area contributed by atoms with Crippen LogP contribution in [0.4, 0.5) is 5.95 Å². The Bertz CT molecular complexity index is 1420. The Hall–Kier alpha value is -3.18. The summed E-state index contributed by atoms with van der Waals surface area (Å²) in [6.45, 7) is 5.57. The van der Waals surface area contributed by atoms with E-state index < -0.39 is 9.84 Å². The maximum atomic E-state index is 12.8. The van der Waals surface area contributed by atoms with Crippen molar-refractivity contribution >= 4 is 32.6 Å². The fourth-order valence-corrected chi connectivity index (χ4v) is 6.40. The number of anilines is 1. The molecule has 2 N–H and O–H groups in total. The number of carbonyl (C=O) groups excluding carboxylic acids is 1. The smallest absolute Gasteiger partial charge is 0.224 e. The third kappa shape index (κ3) is 7.11. The third-order valence-electron chi connectivity index (χ3n) is 7.99. The quantitative estimate of drug-likeness (QED) is 0.338. The van der Waals surface area contributed by atoms with Crippen molar-refractivity contribution in [3.05, 3.63) is 42.7 Å². The molecule has 1 amide bonds. The summed E-state index contributed by atoms with van der Waals surface area (Å²) in [6, 6.07) is 10.2. The molecular formula is C29H40N6O4S. The number of nitrogens with zero attached hydrogens (tertiary/aromatic N) is 4. The fraction of sp³-hybridized carbons (Fsp3) is 0.552. The maximum Gasteiger partial charge on any atom is 0.224 e. The van der Waals surface area contributed by atoms with Crippen molar-refractivity contribution in [1.82, 2.24) is 24.8 Å². The van der Waals surface area contributed by atoms with Gasteiger partial charge in [0, 0.05) is 55.1 Å². The molecule has 0 radical (unpaired) electrons. The topological polar surface area (TPSA) is 118 Å². The van der Waals surface area contributed by atoms with E-state index in [1.54, 1.807) is 6.20 Å². The summed E-state index contributed by atoms with van der Waals surface area (Å²) in [6.07, 6.45) is 9.97. The number of hydrogen-bond donors (Lipinski definition) is 2. The van der Waals surface area contributed by atoms with Gasteiger partial charge in [0.25, 0.3) is 0 Å². The zero-order valence-electron chi connectivity index (χ0n) is 23.4. The number of aromatic nitrogens is 3. The number of rotatable bonds is 11. The van der Waals surface area contributed by atoms with Gasteiger partial charge in [-0.05, 0) is 69.3 Å². The number of amides is 1. The van der Waals surface area contributed by atoms with Gasteiger partial charge in [-0.2, -0.15) is 4.98 Å². The molecule has 1 saturated heterocycles. The van der Waals surface area contributed by atoms with Crippen LogP contribution in [0.15, 0.2) is 42.7 Å². The van der Waals surface area contributed by atoms with E-state index in [1.165, 1.54) is 6.26 Å². The van der Waals surface area contributed by atoms with E-state index in [1.807, 2.05) is 41.1 Å². The highest BCUT2D eigenvalue weighted by Crippen LogP contribution is 2.30. The Morgan fingerprint density at radius 1 is 1.10 bits per heavy atom. The lowest BCUT2D eigenvalue weighted by molar-refractivity contribution is -0.126. The van der Waals surface area contributed by atoms with Crippen LogP contribution in [0.25, 0.3) is 16.7 Å². The van der Waals surface area contributed by atoms with Crippen LogP contribution >= 0.6 is 0 Å². The molecular weight excluding hydrogens is 528 g/mol. The summed E-state index contributed by atoms with van der Waals surface area (Å²) in [5.41, 5.74) is 0.945. The van der Waals surface area contributed by atoms with Gasteiger partial charge in [0.05, 0.1) is 17.9 Å². The Kier molecular flexibility index (Phi) is 8.90. The first-order valence-electron chi connectivity index (χ1n) is 14.3. The molecule has 1 aliphatic carbocycles. The Labute approximate surface area is 236 Å². The van der Waals surface area contributed by atoms with Crippen LogP contribution in [0.3, 0.4) is 0 Å². The van der Waals surface area contributed by atoms with Crippen LogP contribution in [-0.2, 0) is 14.6 Å². The van der Waals surface area contributed by atoms with Gasteiger partial charge in [-0.25, -0.2) is 13.4 Å². The number of sulfone groups is 1. The Morgan fingerprint density at radius 2 is 1.93 bits per heavy atom. The van der Waals surface area contributed by atoms with E-state index in [0.717, 1.165) is 68.5 Å². The molecule has 10 nitrogen and oxygen atoms in total. The SMILES string of the molecule is CCN1CC[C@H](NC(=O)C2CCC(Nc3nccc(-n4ccc5c(OCCCS(C)(=O)=O)cccc54)n3)CC2)C1. The molecule has 11 heteroatoms. The minimum absolute atomic E-state index is 0.0787. The monoisotopic (exact) mass is 568 g/mol. The molecule has 3 heterocycles.